The van der Waals surface area contributed by atoms with Crippen molar-refractivity contribution >= 4 is 11.8 Å². The summed E-state index contributed by atoms with van der Waals surface area (Å²) >= 11 is 0. The molecule has 168 valence electrons. The molecule has 32 heavy (non-hydrogen) atoms. The van der Waals surface area contributed by atoms with Gasteiger partial charge in [0.1, 0.15) is 17.0 Å². The number of rotatable bonds is 5. The van der Waals surface area contributed by atoms with Crippen LogP contribution < -0.4 is 9.47 Å². The van der Waals surface area contributed by atoms with Crippen LogP contribution in [0.2, 0.25) is 0 Å². The Morgan fingerprint density at radius 3 is 2.66 bits per heavy atom. The molecular weight excluding hydrogens is 404 g/mol. The third-order valence-electron chi connectivity index (χ3n) is 7.44. The lowest BCUT2D eigenvalue weighted by Gasteiger charge is -2.47. The number of carbonyl (C=O) groups is 2. The highest BCUT2D eigenvalue weighted by Gasteiger charge is 2.66. The molecular formula is C26H30N2O4. The summed E-state index contributed by atoms with van der Waals surface area (Å²) in [4.78, 5) is 31.3. The fraction of sp³-hybridized carbons (Fsp3) is 0.462. The lowest BCUT2D eigenvalue weighted by Crippen LogP contribution is -2.66. The smallest absolute Gasteiger partial charge is 0.249 e. The van der Waals surface area contributed by atoms with Gasteiger partial charge in [0.2, 0.25) is 11.8 Å². The molecule has 2 fully saturated rings. The van der Waals surface area contributed by atoms with E-state index in [-0.39, 0.29) is 36.2 Å². The Bertz CT molecular complexity index is 1040. The summed E-state index contributed by atoms with van der Waals surface area (Å²) in [6, 6.07) is 15.7. The second-order valence-corrected chi connectivity index (χ2v) is 9.20. The Labute approximate surface area is 189 Å². The van der Waals surface area contributed by atoms with Crippen LogP contribution in [0.4, 0.5) is 0 Å². The van der Waals surface area contributed by atoms with Gasteiger partial charge in [0, 0.05) is 30.0 Å². The number of benzene rings is 2. The Morgan fingerprint density at radius 2 is 1.94 bits per heavy atom. The van der Waals surface area contributed by atoms with Gasteiger partial charge in [-0.1, -0.05) is 43.7 Å². The van der Waals surface area contributed by atoms with Crippen LogP contribution in [0.3, 0.4) is 0 Å². The van der Waals surface area contributed by atoms with Crippen molar-refractivity contribution in [3.8, 4) is 11.5 Å². The number of hydrogen-bond acceptors (Lipinski definition) is 4. The minimum Gasteiger partial charge on any atom is -0.497 e. The molecule has 0 saturated carbocycles. The van der Waals surface area contributed by atoms with Crippen LogP contribution >= 0.6 is 0 Å². The zero-order valence-electron chi connectivity index (χ0n) is 18.9. The van der Waals surface area contributed by atoms with Gasteiger partial charge in [-0.05, 0) is 31.0 Å². The monoisotopic (exact) mass is 434 g/mol. The van der Waals surface area contributed by atoms with Crippen molar-refractivity contribution in [2.24, 2.45) is 5.92 Å². The van der Waals surface area contributed by atoms with E-state index in [1.807, 2.05) is 48.2 Å². The predicted octanol–water partition coefficient (Wildman–Crippen LogP) is 3.77. The number of unbranched alkanes of at least 4 members (excludes halogenated alkanes) is 1. The average Bonchev–Trinajstić information content (AvgIpc) is 3.10. The first-order valence-corrected chi connectivity index (χ1v) is 11.5. The van der Waals surface area contributed by atoms with E-state index in [1.165, 1.54) is 0 Å². The minimum atomic E-state index is -0.954. The van der Waals surface area contributed by atoms with E-state index in [0.717, 1.165) is 29.7 Å². The van der Waals surface area contributed by atoms with Crippen molar-refractivity contribution in [3.05, 3.63) is 59.7 Å². The number of ether oxygens (including phenoxy) is 2. The maximum absolute atomic E-state index is 14.0. The first-order valence-electron chi connectivity index (χ1n) is 11.5. The largest absolute Gasteiger partial charge is 0.497 e. The lowest BCUT2D eigenvalue weighted by molar-refractivity contribution is -0.163. The zero-order chi connectivity index (χ0) is 22.5. The number of amides is 2. The predicted molar refractivity (Wildman–Crippen MR) is 121 cm³/mol. The lowest BCUT2D eigenvalue weighted by atomic mass is 9.73. The van der Waals surface area contributed by atoms with Crippen molar-refractivity contribution in [2.75, 3.05) is 26.8 Å². The average molecular weight is 435 g/mol. The molecule has 2 aromatic rings. The van der Waals surface area contributed by atoms with E-state index >= 15 is 0 Å². The highest BCUT2D eigenvalue weighted by molar-refractivity contribution is 6.00. The van der Waals surface area contributed by atoms with Crippen molar-refractivity contribution < 1.29 is 19.1 Å². The molecule has 0 radical (unpaired) electrons. The molecule has 3 unspecified atom stereocenters. The Hall–Kier alpha value is -3.02. The van der Waals surface area contributed by atoms with Gasteiger partial charge in [-0.15, -0.1) is 0 Å². The standard InChI is InChI=1S/C26H30N2O4/c1-4-5-13-27-15-22(29)28-24-19-12-11-18(31-3)14-21(19)32-16-20(24)23(26(28,2)25(27)30)17-9-7-6-8-10-17/h6-12,14,20,23-24H,4-5,13,15-16H2,1-3H3/t20?,23?,24?,26-/m1/s1. The number of piperazine rings is 1. The van der Waals surface area contributed by atoms with Crippen LogP contribution in [0.15, 0.2) is 48.5 Å². The Morgan fingerprint density at radius 1 is 1.16 bits per heavy atom. The van der Waals surface area contributed by atoms with Crippen LogP contribution in [0.1, 0.15) is 49.8 Å². The van der Waals surface area contributed by atoms with Gasteiger partial charge >= 0.3 is 0 Å². The molecule has 3 aliphatic heterocycles. The topological polar surface area (TPSA) is 59.1 Å². The van der Waals surface area contributed by atoms with E-state index in [1.54, 1.807) is 12.0 Å². The molecule has 4 atom stereocenters. The molecule has 6 heteroatoms. The summed E-state index contributed by atoms with van der Waals surface area (Å²) in [5.74, 6) is 1.35. The van der Waals surface area contributed by atoms with Crippen LogP contribution in [0.25, 0.3) is 0 Å². The Balaban J connectivity index is 1.66. The molecule has 3 aliphatic rings. The third-order valence-corrected chi connectivity index (χ3v) is 7.44. The molecule has 0 aliphatic carbocycles. The molecule has 3 heterocycles. The molecule has 5 rings (SSSR count). The second kappa shape index (κ2) is 7.84. The fourth-order valence-electron chi connectivity index (χ4n) is 6.03. The normalized spacial score (nSPS) is 28.7. The summed E-state index contributed by atoms with van der Waals surface area (Å²) in [5.41, 5.74) is 1.08. The van der Waals surface area contributed by atoms with Crippen LogP contribution in [0, 0.1) is 5.92 Å². The van der Waals surface area contributed by atoms with Gasteiger partial charge in [0.05, 0.1) is 26.3 Å². The molecule has 0 bridgehead atoms. The van der Waals surface area contributed by atoms with Gasteiger partial charge in [-0.25, -0.2) is 0 Å². The van der Waals surface area contributed by atoms with Crippen molar-refractivity contribution in [1.29, 1.82) is 0 Å². The molecule has 2 amide bonds. The summed E-state index contributed by atoms with van der Waals surface area (Å²) in [6.45, 7) is 5.28. The van der Waals surface area contributed by atoms with Crippen molar-refractivity contribution in [1.82, 2.24) is 9.80 Å². The highest BCUT2D eigenvalue weighted by Crippen LogP contribution is 2.60. The third kappa shape index (κ3) is 2.92. The summed E-state index contributed by atoms with van der Waals surface area (Å²) in [6.07, 6.45) is 1.87. The number of hydrogen-bond donors (Lipinski definition) is 0. The van der Waals surface area contributed by atoms with Gasteiger partial charge < -0.3 is 19.3 Å². The van der Waals surface area contributed by atoms with E-state index in [9.17, 15) is 9.59 Å². The van der Waals surface area contributed by atoms with E-state index in [4.69, 9.17) is 9.47 Å². The molecule has 2 saturated heterocycles. The number of fused-ring (bicyclic) bond motifs is 5. The van der Waals surface area contributed by atoms with E-state index in [2.05, 4.69) is 19.1 Å². The first-order chi connectivity index (χ1) is 15.5. The maximum atomic E-state index is 14.0. The number of carbonyl (C=O) groups excluding carboxylic acids is 2. The Kier molecular flexibility index (Phi) is 5.11. The summed E-state index contributed by atoms with van der Waals surface area (Å²) < 4.78 is 11.6. The van der Waals surface area contributed by atoms with E-state index in [0.29, 0.717) is 18.9 Å². The highest BCUT2D eigenvalue weighted by atomic mass is 16.5. The number of nitrogens with zero attached hydrogens (tertiary/aromatic N) is 2. The maximum Gasteiger partial charge on any atom is 0.249 e. The van der Waals surface area contributed by atoms with Gasteiger partial charge in [0.15, 0.2) is 0 Å². The van der Waals surface area contributed by atoms with Crippen molar-refractivity contribution in [2.45, 2.75) is 44.2 Å². The van der Waals surface area contributed by atoms with Gasteiger partial charge in [-0.2, -0.15) is 0 Å². The summed E-state index contributed by atoms with van der Waals surface area (Å²) in [5, 5.41) is 0. The quantitative estimate of drug-likeness (QED) is 0.719. The minimum absolute atomic E-state index is 0.0117. The van der Waals surface area contributed by atoms with Gasteiger partial charge in [-0.3, -0.25) is 9.59 Å². The molecule has 6 nitrogen and oxygen atoms in total. The van der Waals surface area contributed by atoms with Crippen LogP contribution in [0.5, 0.6) is 11.5 Å². The van der Waals surface area contributed by atoms with Crippen LogP contribution in [-0.4, -0.2) is 54.0 Å². The first kappa shape index (κ1) is 20.9. The van der Waals surface area contributed by atoms with Crippen molar-refractivity contribution in [3.63, 3.8) is 0 Å². The second-order valence-electron chi connectivity index (χ2n) is 9.20. The molecule has 0 aromatic heterocycles. The zero-order valence-corrected chi connectivity index (χ0v) is 18.9. The fourth-order valence-corrected chi connectivity index (χ4v) is 6.03. The number of methoxy groups -OCH3 is 1. The molecule has 0 spiro atoms. The van der Waals surface area contributed by atoms with E-state index < -0.39 is 5.54 Å². The SMILES string of the molecule is CCCCN1CC(=O)N2C3c4ccc(OC)cc4OCC3C(c3ccccc3)[C@]2(C)C1=O. The molecule has 2 aromatic carbocycles. The van der Waals surface area contributed by atoms with Gasteiger partial charge in [0.25, 0.3) is 0 Å². The summed E-state index contributed by atoms with van der Waals surface area (Å²) in [7, 11) is 1.63. The molecule has 0 N–H and O–H groups in total. The van der Waals surface area contributed by atoms with Crippen LogP contribution in [-0.2, 0) is 9.59 Å².